The number of nitrogens with one attached hydrogen (secondary N) is 1. The van der Waals surface area contributed by atoms with Gasteiger partial charge in [0, 0.05) is 36.3 Å². The molecule has 2 aliphatic rings. The summed E-state index contributed by atoms with van der Waals surface area (Å²) >= 11 is 7.99. The van der Waals surface area contributed by atoms with Gasteiger partial charge in [-0.3, -0.25) is 4.79 Å². The van der Waals surface area contributed by atoms with Gasteiger partial charge in [-0.1, -0.05) is 41.4 Å². The molecule has 1 atom stereocenters. The van der Waals surface area contributed by atoms with E-state index in [1.807, 2.05) is 37.3 Å². The Bertz CT molecular complexity index is 1220. The Hall–Kier alpha value is -2.41. The predicted octanol–water partition coefficient (Wildman–Crippen LogP) is 7.04. The molecule has 0 saturated carbocycles. The maximum atomic E-state index is 13.2. The minimum atomic E-state index is -0.0205. The molecule has 1 amide bonds. The number of benzene rings is 1. The summed E-state index contributed by atoms with van der Waals surface area (Å²) in [4.78, 5) is 18.1. The molecule has 3 heterocycles. The zero-order valence-corrected chi connectivity index (χ0v) is 21.8. The lowest BCUT2D eigenvalue weighted by Gasteiger charge is -2.16. The van der Waals surface area contributed by atoms with E-state index < -0.39 is 0 Å². The molecule has 1 N–H and O–H groups in total. The number of nitrogens with zero attached hydrogens (tertiary/aromatic N) is 2. The molecule has 1 aromatic carbocycles. The highest BCUT2D eigenvalue weighted by atomic mass is 35.5. The van der Waals surface area contributed by atoms with E-state index in [0.717, 1.165) is 66.5 Å². The first kappa shape index (κ1) is 24.3. The molecule has 0 spiro atoms. The smallest absolute Gasteiger partial charge is 0.253 e. The Morgan fingerprint density at radius 1 is 1.29 bits per heavy atom. The lowest BCUT2D eigenvalue weighted by atomic mass is 9.97. The molecule has 5 rings (SSSR count). The molecule has 5 nitrogen and oxygen atoms in total. The van der Waals surface area contributed by atoms with Crippen LogP contribution in [0.1, 0.15) is 61.0 Å². The Morgan fingerprint density at radius 3 is 2.94 bits per heavy atom. The normalized spacial score (nSPS) is 18.0. The van der Waals surface area contributed by atoms with E-state index in [1.165, 1.54) is 24.8 Å². The van der Waals surface area contributed by atoms with Crippen molar-refractivity contribution in [3.8, 4) is 22.0 Å². The molecule has 1 fully saturated rings. The SMILES string of the molecule is Cc1c(C(=O)NCCC2=CCCCC2)cc(-c2csc(-c3ccccc3Cl)n2)n1CC1CCCO1. The number of hydrogen-bond donors (Lipinski definition) is 1. The number of thiazole rings is 1. The topological polar surface area (TPSA) is 56.2 Å². The average molecular weight is 510 g/mol. The summed E-state index contributed by atoms with van der Waals surface area (Å²) in [7, 11) is 0. The van der Waals surface area contributed by atoms with Gasteiger partial charge in [0.15, 0.2) is 0 Å². The number of rotatable bonds is 8. The molecule has 0 bridgehead atoms. The standard InChI is InChI=1S/C28H32ClN3O2S/c1-19-23(27(33)30-14-13-20-8-3-2-4-9-20)16-26(32(19)17-21-10-7-15-34-21)25-18-35-28(31-25)22-11-5-6-12-24(22)29/h5-6,8,11-12,16,18,21H,2-4,7,9-10,13-15,17H2,1H3,(H,30,33). The molecule has 2 aromatic heterocycles. The highest BCUT2D eigenvalue weighted by molar-refractivity contribution is 7.13. The van der Waals surface area contributed by atoms with E-state index >= 15 is 0 Å². The third-order valence-electron chi connectivity index (χ3n) is 7.01. The number of halogens is 1. The molecule has 1 saturated heterocycles. The number of carbonyl (C=O) groups is 1. The van der Waals surface area contributed by atoms with Gasteiger partial charge in [-0.05, 0) is 64.0 Å². The maximum Gasteiger partial charge on any atom is 0.253 e. The fourth-order valence-corrected chi connectivity index (χ4v) is 6.16. The first-order chi connectivity index (χ1) is 17.1. The minimum absolute atomic E-state index is 0.0205. The first-order valence-corrected chi connectivity index (χ1v) is 13.8. The van der Waals surface area contributed by atoms with Crippen LogP contribution in [0.25, 0.3) is 22.0 Å². The van der Waals surface area contributed by atoms with Gasteiger partial charge >= 0.3 is 0 Å². The van der Waals surface area contributed by atoms with Crippen LogP contribution in [0.3, 0.4) is 0 Å². The van der Waals surface area contributed by atoms with Gasteiger partial charge in [0.2, 0.25) is 0 Å². The summed E-state index contributed by atoms with van der Waals surface area (Å²) in [6, 6.07) is 9.76. The maximum absolute atomic E-state index is 13.2. The summed E-state index contributed by atoms with van der Waals surface area (Å²) in [5.74, 6) is -0.0205. The largest absolute Gasteiger partial charge is 0.376 e. The van der Waals surface area contributed by atoms with Crippen molar-refractivity contribution >= 4 is 28.8 Å². The first-order valence-electron chi connectivity index (χ1n) is 12.6. The number of amides is 1. The van der Waals surface area contributed by atoms with Gasteiger partial charge in [0.05, 0.1) is 28.1 Å². The van der Waals surface area contributed by atoms with Crippen molar-refractivity contribution in [2.75, 3.05) is 13.2 Å². The van der Waals surface area contributed by atoms with Crippen LogP contribution < -0.4 is 5.32 Å². The Morgan fingerprint density at radius 2 is 2.17 bits per heavy atom. The third-order valence-corrected chi connectivity index (χ3v) is 8.21. The summed E-state index contributed by atoms with van der Waals surface area (Å²) in [5, 5.41) is 6.77. The van der Waals surface area contributed by atoms with Crippen LogP contribution in [-0.2, 0) is 11.3 Å². The highest BCUT2D eigenvalue weighted by Crippen LogP contribution is 2.35. The van der Waals surface area contributed by atoms with Gasteiger partial charge in [-0.25, -0.2) is 4.98 Å². The van der Waals surface area contributed by atoms with E-state index in [9.17, 15) is 4.79 Å². The third kappa shape index (κ3) is 5.55. The predicted molar refractivity (Wildman–Crippen MR) is 143 cm³/mol. The average Bonchev–Trinajstić information content (AvgIpc) is 3.62. The van der Waals surface area contributed by atoms with Crippen molar-refractivity contribution in [3.05, 3.63) is 63.6 Å². The van der Waals surface area contributed by atoms with Crippen LogP contribution in [0.4, 0.5) is 0 Å². The van der Waals surface area contributed by atoms with Gasteiger partial charge in [0.25, 0.3) is 5.91 Å². The van der Waals surface area contributed by atoms with Crippen molar-refractivity contribution in [2.24, 2.45) is 0 Å². The second-order valence-electron chi connectivity index (χ2n) is 9.41. The lowest BCUT2D eigenvalue weighted by Crippen LogP contribution is -2.25. The second kappa shape index (κ2) is 11.1. The van der Waals surface area contributed by atoms with E-state index in [1.54, 1.807) is 11.3 Å². The minimum Gasteiger partial charge on any atom is -0.376 e. The molecule has 3 aromatic rings. The molecule has 184 valence electrons. The molecular weight excluding hydrogens is 478 g/mol. The number of aromatic nitrogens is 2. The Balaban J connectivity index is 1.40. The van der Waals surface area contributed by atoms with Gasteiger partial charge in [0.1, 0.15) is 5.01 Å². The molecule has 1 aliphatic heterocycles. The van der Waals surface area contributed by atoms with Crippen molar-refractivity contribution in [3.63, 3.8) is 0 Å². The summed E-state index contributed by atoms with van der Waals surface area (Å²) < 4.78 is 8.14. The summed E-state index contributed by atoms with van der Waals surface area (Å²) in [6.07, 6.45) is 10.4. The zero-order chi connectivity index (χ0) is 24.2. The van der Waals surface area contributed by atoms with E-state index in [0.29, 0.717) is 17.1 Å². The molecule has 35 heavy (non-hydrogen) atoms. The van der Waals surface area contributed by atoms with Crippen LogP contribution in [0, 0.1) is 6.92 Å². The van der Waals surface area contributed by atoms with E-state index in [-0.39, 0.29) is 12.0 Å². The molecule has 7 heteroatoms. The summed E-state index contributed by atoms with van der Waals surface area (Å²) in [6.45, 7) is 4.22. The fourth-order valence-electron chi connectivity index (χ4n) is 5.03. The Kier molecular flexibility index (Phi) is 7.71. The molecule has 0 radical (unpaired) electrons. The monoisotopic (exact) mass is 509 g/mol. The molecular formula is C28H32ClN3O2S. The highest BCUT2D eigenvalue weighted by Gasteiger charge is 2.24. The van der Waals surface area contributed by atoms with Crippen molar-refractivity contribution < 1.29 is 9.53 Å². The number of hydrogen-bond acceptors (Lipinski definition) is 4. The quantitative estimate of drug-likeness (QED) is 0.331. The van der Waals surface area contributed by atoms with Crippen LogP contribution in [0.15, 0.2) is 47.4 Å². The lowest BCUT2D eigenvalue weighted by molar-refractivity contribution is 0.0941. The van der Waals surface area contributed by atoms with Crippen LogP contribution in [-0.4, -0.2) is 34.7 Å². The van der Waals surface area contributed by atoms with E-state index in [2.05, 4.69) is 21.3 Å². The molecule has 1 aliphatic carbocycles. The zero-order valence-electron chi connectivity index (χ0n) is 20.2. The Labute approximate surface area is 216 Å². The summed E-state index contributed by atoms with van der Waals surface area (Å²) in [5.41, 5.74) is 5.87. The van der Waals surface area contributed by atoms with Crippen LogP contribution in [0.5, 0.6) is 0 Å². The number of ether oxygens (including phenoxy) is 1. The number of carbonyl (C=O) groups excluding carboxylic acids is 1. The van der Waals surface area contributed by atoms with Gasteiger partial charge < -0.3 is 14.6 Å². The number of allylic oxidation sites excluding steroid dienone is 1. The van der Waals surface area contributed by atoms with Crippen LogP contribution >= 0.6 is 22.9 Å². The van der Waals surface area contributed by atoms with Crippen molar-refractivity contribution in [1.29, 1.82) is 0 Å². The van der Waals surface area contributed by atoms with E-state index in [4.69, 9.17) is 21.3 Å². The van der Waals surface area contributed by atoms with Crippen LogP contribution in [0.2, 0.25) is 5.02 Å². The van der Waals surface area contributed by atoms with Crippen molar-refractivity contribution in [2.45, 2.75) is 64.5 Å². The second-order valence-corrected chi connectivity index (χ2v) is 10.7. The van der Waals surface area contributed by atoms with Gasteiger partial charge in [-0.2, -0.15) is 0 Å². The molecule has 1 unspecified atom stereocenters. The fraction of sp³-hybridized carbons (Fsp3) is 0.429. The van der Waals surface area contributed by atoms with Gasteiger partial charge in [-0.15, -0.1) is 11.3 Å². The van der Waals surface area contributed by atoms with Crippen molar-refractivity contribution in [1.82, 2.24) is 14.9 Å².